The number of rotatable bonds is 6. The molecule has 0 bridgehead atoms. The Balaban J connectivity index is 1.89. The molecule has 3 heteroatoms. The van der Waals surface area contributed by atoms with Gasteiger partial charge in [0.15, 0.2) is 0 Å². The number of benzene rings is 1. The van der Waals surface area contributed by atoms with E-state index in [1.165, 1.54) is 5.56 Å². The minimum absolute atomic E-state index is 0.215. The molecule has 1 aliphatic rings. The van der Waals surface area contributed by atoms with Crippen LogP contribution in [0.4, 0.5) is 0 Å². The molecule has 1 aliphatic carbocycles. The second-order valence-electron chi connectivity index (χ2n) is 6.17. The van der Waals surface area contributed by atoms with Crippen LogP contribution in [-0.4, -0.2) is 25.2 Å². The van der Waals surface area contributed by atoms with Crippen LogP contribution in [0.15, 0.2) is 36.5 Å². The maximum Gasteiger partial charge on any atom is 0.0501 e. The summed E-state index contributed by atoms with van der Waals surface area (Å²) in [5.74, 6) is 2.65. The van der Waals surface area contributed by atoms with Gasteiger partial charge >= 0.3 is 0 Å². The molecular weight excluding hydrogens is 270 g/mol. The van der Waals surface area contributed by atoms with Crippen LogP contribution in [0.1, 0.15) is 36.8 Å². The lowest BCUT2D eigenvalue weighted by Gasteiger charge is -2.31. The third-order valence-electron chi connectivity index (χ3n) is 4.49. The zero-order chi connectivity index (χ0) is 15.9. The monoisotopic (exact) mass is 297 g/mol. The van der Waals surface area contributed by atoms with Crippen LogP contribution in [0, 0.1) is 12.3 Å². The van der Waals surface area contributed by atoms with E-state index < -0.39 is 0 Å². The third-order valence-corrected chi connectivity index (χ3v) is 4.49. The van der Waals surface area contributed by atoms with Crippen LogP contribution >= 0.6 is 0 Å². The summed E-state index contributed by atoms with van der Waals surface area (Å²) in [6.07, 6.45) is 10.8. The topological polar surface area (TPSA) is 50.1 Å². The molecule has 1 aromatic rings. The molecule has 1 unspecified atom stereocenters. The highest BCUT2D eigenvalue weighted by Gasteiger charge is 2.20. The van der Waals surface area contributed by atoms with Crippen LogP contribution in [0.2, 0.25) is 0 Å². The predicted molar refractivity (Wildman–Crippen MR) is 93.4 cm³/mol. The molecule has 0 saturated heterocycles. The lowest BCUT2D eigenvalue weighted by molar-refractivity contribution is 0.352. The maximum atomic E-state index is 5.96. The van der Waals surface area contributed by atoms with Crippen molar-refractivity contribution < 1.29 is 0 Å². The Labute approximate surface area is 134 Å². The fraction of sp³-hybridized carbons (Fsp3) is 0.474. The van der Waals surface area contributed by atoms with E-state index in [-0.39, 0.29) is 6.04 Å². The normalized spacial score (nSPS) is 22.6. The van der Waals surface area contributed by atoms with E-state index in [2.05, 4.69) is 35.3 Å². The van der Waals surface area contributed by atoms with Gasteiger partial charge in [0.25, 0.3) is 0 Å². The molecule has 0 spiro atoms. The summed E-state index contributed by atoms with van der Waals surface area (Å²) in [6.45, 7) is 4.23. The van der Waals surface area contributed by atoms with Crippen molar-refractivity contribution in [1.82, 2.24) is 10.6 Å². The first kappa shape index (κ1) is 16.6. The zero-order valence-corrected chi connectivity index (χ0v) is 13.4. The number of likely N-dealkylation sites (N-methyl/N-ethyl adjacent to an activating group) is 1. The summed E-state index contributed by atoms with van der Waals surface area (Å²) in [6, 6.07) is 9.25. The summed E-state index contributed by atoms with van der Waals surface area (Å²) < 4.78 is 0. The minimum Gasteiger partial charge on any atom is -0.385 e. The first-order valence-corrected chi connectivity index (χ1v) is 8.06. The molecule has 118 valence electrons. The van der Waals surface area contributed by atoms with Crippen molar-refractivity contribution in [2.45, 2.75) is 50.2 Å². The number of hydrogen-bond acceptors (Lipinski definition) is 3. The molecule has 0 aliphatic heterocycles. The van der Waals surface area contributed by atoms with Gasteiger partial charge in [-0.3, -0.25) is 0 Å². The van der Waals surface area contributed by atoms with Crippen molar-refractivity contribution in [1.29, 1.82) is 0 Å². The average molecular weight is 297 g/mol. The molecule has 22 heavy (non-hydrogen) atoms. The van der Waals surface area contributed by atoms with Crippen LogP contribution in [0.5, 0.6) is 0 Å². The van der Waals surface area contributed by atoms with Gasteiger partial charge in [-0.25, -0.2) is 0 Å². The largest absolute Gasteiger partial charge is 0.385 e. The maximum absolute atomic E-state index is 5.96. The number of nitrogens with one attached hydrogen (secondary N) is 2. The number of hydrogen-bond donors (Lipinski definition) is 3. The zero-order valence-electron chi connectivity index (χ0n) is 13.4. The second-order valence-corrected chi connectivity index (χ2v) is 6.17. The molecule has 1 atom stereocenters. The van der Waals surface area contributed by atoms with Crippen molar-refractivity contribution >= 4 is 0 Å². The SMILES string of the molecule is C#Cc1ccc(CC(NC)C(=C)NC2CCC(N)CC2)cc1. The van der Waals surface area contributed by atoms with Crippen LogP contribution in [-0.2, 0) is 6.42 Å². The molecule has 3 nitrogen and oxygen atoms in total. The van der Waals surface area contributed by atoms with Crippen molar-refractivity contribution in [3.05, 3.63) is 47.7 Å². The van der Waals surface area contributed by atoms with E-state index in [4.69, 9.17) is 12.2 Å². The van der Waals surface area contributed by atoms with Gasteiger partial charge in [-0.15, -0.1) is 6.42 Å². The third kappa shape index (κ3) is 4.62. The molecule has 1 fully saturated rings. The van der Waals surface area contributed by atoms with Gasteiger partial charge in [-0.05, 0) is 56.8 Å². The van der Waals surface area contributed by atoms with E-state index in [1.807, 2.05) is 19.2 Å². The van der Waals surface area contributed by atoms with Crippen molar-refractivity contribution in [3.63, 3.8) is 0 Å². The highest BCUT2D eigenvalue weighted by atomic mass is 15.0. The summed E-state index contributed by atoms with van der Waals surface area (Å²) in [5.41, 5.74) is 9.20. The summed E-state index contributed by atoms with van der Waals surface area (Å²) >= 11 is 0. The molecular formula is C19H27N3. The fourth-order valence-corrected chi connectivity index (χ4v) is 3.00. The molecule has 0 aromatic heterocycles. The first-order valence-electron chi connectivity index (χ1n) is 8.06. The van der Waals surface area contributed by atoms with E-state index in [0.717, 1.165) is 43.4 Å². The minimum atomic E-state index is 0.215. The molecule has 4 N–H and O–H groups in total. The fourth-order valence-electron chi connectivity index (χ4n) is 3.00. The molecule has 0 radical (unpaired) electrons. The first-order chi connectivity index (χ1) is 10.6. The molecule has 0 heterocycles. The van der Waals surface area contributed by atoms with Gasteiger partial charge in [0.1, 0.15) is 0 Å². The average Bonchev–Trinajstić information content (AvgIpc) is 2.55. The summed E-state index contributed by atoms with van der Waals surface area (Å²) in [5, 5.41) is 6.94. The highest BCUT2D eigenvalue weighted by molar-refractivity contribution is 5.34. The number of nitrogens with two attached hydrogens (primary N) is 1. The summed E-state index contributed by atoms with van der Waals surface area (Å²) in [7, 11) is 1.98. The Kier molecular flexibility index (Phi) is 6.06. The predicted octanol–water partition coefficient (Wildman–Crippen LogP) is 2.17. The Morgan fingerprint density at radius 1 is 1.32 bits per heavy atom. The highest BCUT2D eigenvalue weighted by Crippen LogP contribution is 2.19. The lowest BCUT2D eigenvalue weighted by atomic mass is 9.91. The molecule has 1 saturated carbocycles. The van der Waals surface area contributed by atoms with Gasteiger partial charge in [0.2, 0.25) is 0 Å². The smallest absolute Gasteiger partial charge is 0.0501 e. The molecule has 0 amide bonds. The van der Waals surface area contributed by atoms with Crippen LogP contribution in [0.25, 0.3) is 0 Å². The van der Waals surface area contributed by atoms with E-state index in [1.54, 1.807) is 0 Å². The van der Waals surface area contributed by atoms with Gasteiger partial charge in [-0.2, -0.15) is 0 Å². The standard InChI is InChI=1S/C19H27N3/c1-4-15-5-7-16(8-6-15)13-19(21-3)14(2)22-18-11-9-17(20)10-12-18/h1,5-8,17-19,21-22H,2,9-13,20H2,3H3. The molecule has 2 rings (SSSR count). The van der Waals surface area contributed by atoms with Crippen LogP contribution in [0.3, 0.4) is 0 Å². The van der Waals surface area contributed by atoms with Crippen LogP contribution < -0.4 is 16.4 Å². The van der Waals surface area contributed by atoms with Gasteiger partial charge in [-0.1, -0.05) is 24.6 Å². The van der Waals surface area contributed by atoms with E-state index in [0.29, 0.717) is 12.1 Å². The van der Waals surface area contributed by atoms with Crippen molar-refractivity contribution in [2.24, 2.45) is 5.73 Å². The van der Waals surface area contributed by atoms with Gasteiger partial charge in [0, 0.05) is 23.3 Å². The Bertz CT molecular complexity index is 519. The van der Waals surface area contributed by atoms with E-state index in [9.17, 15) is 0 Å². The molecule has 1 aromatic carbocycles. The second kappa shape index (κ2) is 8.03. The number of terminal acetylenes is 1. The quantitative estimate of drug-likeness (QED) is 0.705. The van der Waals surface area contributed by atoms with Crippen molar-refractivity contribution in [3.8, 4) is 12.3 Å². The lowest BCUT2D eigenvalue weighted by Crippen LogP contribution is -2.42. The Morgan fingerprint density at radius 3 is 2.50 bits per heavy atom. The Morgan fingerprint density at radius 2 is 1.95 bits per heavy atom. The van der Waals surface area contributed by atoms with E-state index >= 15 is 0 Å². The van der Waals surface area contributed by atoms with Gasteiger partial charge in [0.05, 0.1) is 6.04 Å². The van der Waals surface area contributed by atoms with Crippen molar-refractivity contribution in [2.75, 3.05) is 7.05 Å². The summed E-state index contributed by atoms with van der Waals surface area (Å²) in [4.78, 5) is 0. The van der Waals surface area contributed by atoms with Gasteiger partial charge < -0.3 is 16.4 Å². The Hall–Kier alpha value is -1.76.